The summed E-state index contributed by atoms with van der Waals surface area (Å²) in [4.78, 5) is 0. The lowest BCUT2D eigenvalue weighted by atomic mass is 9.99. The van der Waals surface area contributed by atoms with Crippen LogP contribution >= 0.6 is 0 Å². The quantitative estimate of drug-likeness (QED) is 0.796. The van der Waals surface area contributed by atoms with Crippen LogP contribution in [0.4, 0.5) is 5.82 Å². The fraction of sp³-hybridized carbons (Fsp3) is 0.692. The van der Waals surface area contributed by atoms with E-state index < -0.39 is 18.1 Å². The van der Waals surface area contributed by atoms with E-state index >= 15 is 0 Å². The standard InChI is InChI=1S/C13H18N4O4/c1-13(2)20-8-3-9(21-13)12(19-10(8)6-18)17-11(15)7(4-14)5-16-17/h5,8-10,12,18H,3,6,15H2,1-2H3/t8?,9-,10+,12+/m0/s1. The highest BCUT2D eigenvalue weighted by molar-refractivity contribution is 5.47. The minimum absolute atomic E-state index is 0.170. The summed E-state index contributed by atoms with van der Waals surface area (Å²) in [5.41, 5.74) is 6.20. The molecule has 2 fully saturated rings. The molecular formula is C13H18N4O4. The number of ether oxygens (including phenoxy) is 3. The molecule has 8 heteroatoms. The van der Waals surface area contributed by atoms with Crippen LogP contribution < -0.4 is 5.73 Å². The zero-order valence-corrected chi connectivity index (χ0v) is 11.9. The van der Waals surface area contributed by atoms with E-state index in [0.29, 0.717) is 6.42 Å². The van der Waals surface area contributed by atoms with E-state index in [9.17, 15) is 5.11 Å². The number of nitriles is 1. The molecule has 0 spiro atoms. The van der Waals surface area contributed by atoms with E-state index in [2.05, 4.69) is 5.10 Å². The molecule has 0 aromatic carbocycles. The zero-order chi connectivity index (χ0) is 15.2. The fourth-order valence-electron chi connectivity index (χ4n) is 2.88. The van der Waals surface area contributed by atoms with Crippen molar-refractivity contribution in [1.29, 1.82) is 5.26 Å². The molecule has 8 nitrogen and oxygen atoms in total. The smallest absolute Gasteiger partial charge is 0.179 e. The summed E-state index contributed by atoms with van der Waals surface area (Å²) < 4.78 is 18.9. The normalized spacial score (nSPS) is 34.4. The average Bonchev–Trinajstić information content (AvgIpc) is 2.79. The van der Waals surface area contributed by atoms with Gasteiger partial charge in [-0.25, -0.2) is 4.68 Å². The number of anilines is 1. The van der Waals surface area contributed by atoms with Crippen molar-refractivity contribution in [2.45, 2.75) is 50.6 Å². The second kappa shape index (κ2) is 4.96. The fourth-order valence-corrected chi connectivity index (χ4v) is 2.88. The molecule has 2 aliphatic rings. The lowest BCUT2D eigenvalue weighted by molar-refractivity contribution is -0.374. The van der Waals surface area contributed by atoms with Crippen molar-refractivity contribution in [3.05, 3.63) is 11.8 Å². The van der Waals surface area contributed by atoms with Crippen LogP contribution in [0.3, 0.4) is 0 Å². The lowest BCUT2D eigenvalue weighted by Gasteiger charge is -2.49. The predicted molar refractivity (Wildman–Crippen MR) is 70.8 cm³/mol. The van der Waals surface area contributed by atoms with Gasteiger partial charge < -0.3 is 25.1 Å². The number of aromatic nitrogens is 2. The van der Waals surface area contributed by atoms with E-state index in [0.717, 1.165) is 0 Å². The zero-order valence-electron chi connectivity index (χ0n) is 11.9. The molecule has 0 aliphatic carbocycles. The number of aliphatic hydroxyl groups excluding tert-OH is 1. The van der Waals surface area contributed by atoms with Gasteiger partial charge in [-0.05, 0) is 13.8 Å². The SMILES string of the molecule is CC1(C)OC2C[C@H](O1)[C@H](n1ncc(C#N)c1N)O[C@@H]2CO. The predicted octanol–water partition coefficient (Wildman–Crippen LogP) is 0.137. The van der Waals surface area contributed by atoms with Gasteiger partial charge in [0.2, 0.25) is 0 Å². The molecule has 21 heavy (non-hydrogen) atoms. The Kier molecular flexibility index (Phi) is 3.37. The van der Waals surface area contributed by atoms with Crippen molar-refractivity contribution in [1.82, 2.24) is 9.78 Å². The van der Waals surface area contributed by atoms with Gasteiger partial charge in [-0.3, -0.25) is 0 Å². The van der Waals surface area contributed by atoms with Crippen molar-refractivity contribution in [2.24, 2.45) is 0 Å². The van der Waals surface area contributed by atoms with Crippen molar-refractivity contribution in [3.8, 4) is 6.07 Å². The Morgan fingerprint density at radius 1 is 1.52 bits per heavy atom. The summed E-state index contributed by atoms with van der Waals surface area (Å²) in [5, 5.41) is 22.6. The Morgan fingerprint density at radius 2 is 2.24 bits per heavy atom. The van der Waals surface area contributed by atoms with Crippen molar-refractivity contribution >= 4 is 5.82 Å². The molecule has 3 N–H and O–H groups in total. The Balaban J connectivity index is 1.94. The van der Waals surface area contributed by atoms with Crippen LogP contribution in [0.25, 0.3) is 0 Å². The number of rotatable bonds is 2. The van der Waals surface area contributed by atoms with Crippen LogP contribution in [0.1, 0.15) is 32.1 Å². The molecule has 0 saturated carbocycles. The van der Waals surface area contributed by atoms with Crippen molar-refractivity contribution in [2.75, 3.05) is 12.3 Å². The van der Waals surface area contributed by atoms with E-state index in [-0.39, 0.29) is 30.2 Å². The van der Waals surface area contributed by atoms with Gasteiger partial charge in [0, 0.05) is 6.42 Å². The highest BCUT2D eigenvalue weighted by Crippen LogP contribution is 2.40. The Bertz CT molecular complexity index is 579. The van der Waals surface area contributed by atoms with E-state index in [1.54, 1.807) is 0 Å². The maximum atomic E-state index is 9.50. The van der Waals surface area contributed by atoms with E-state index in [4.69, 9.17) is 25.2 Å². The molecule has 2 bridgehead atoms. The molecule has 2 aliphatic heterocycles. The molecule has 0 radical (unpaired) electrons. The number of nitrogen functional groups attached to an aromatic ring is 1. The molecule has 2 saturated heterocycles. The van der Waals surface area contributed by atoms with Crippen LogP contribution in [0.2, 0.25) is 0 Å². The third-order valence-corrected chi connectivity index (χ3v) is 3.76. The maximum Gasteiger partial charge on any atom is 0.179 e. The first-order valence-corrected chi connectivity index (χ1v) is 6.80. The third-order valence-electron chi connectivity index (χ3n) is 3.76. The maximum absolute atomic E-state index is 9.50. The molecule has 114 valence electrons. The van der Waals surface area contributed by atoms with Crippen LogP contribution in [-0.2, 0) is 14.2 Å². The molecule has 1 aromatic rings. The van der Waals surface area contributed by atoms with Crippen LogP contribution in [0.5, 0.6) is 0 Å². The molecule has 3 heterocycles. The Labute approximate surface area is 122 Å². The van der Waals surface area contributed by atoms with E-state index in [1.165, 1.54) is 10.9 Å². The average molecular weight is 294 g/mol. The first-order chi connectivity index (χ1) is 9.95. The first-order valence-electron chi connectivity index (χ1n) is 6.80. The molecule has 3 rings (SSSR count). The van der Waals surface area contributed by atoms with Gasteiger partial charge in [0.25, 0.3) is 0 Å². The van der Waals surface area contributed by atoms with Gasteiger partial charge >= 0.3 is 0 Å². The molecule has 1 unspecified atom stereocenters. The Hall–Kier alpha value is -1.66. The minimum atomic E-state index is -0.775. The van der Waals surface area contributed by atoms with Crippen molar-refractivity contribution in [3.63, 3.8) is 0 Å². The summed E-state index contributed by atoms with van der Waals surface area (Å²) in [6.45, 7) is 3.46. The summed E-state index contributed by atoms with van der Waals surface area (Å²) in [6, 6.07) is 1.97. The summed E-state index contributed by atoms with van der Waals surface area (Å²) in [7, 11) is 0. The Morgan fingerprint density at radius 3 is 2.86 bits per heavy atom. The molecule has 0 amide bonds. The largest absolute Gasteiger partial charge is 0.394 e. The van der Waals surface area contributed by atoms with E-state index in [1.807, 2.05) is 19.9 Å². The first kappa shape index (κ1) is 14.3. The van der Waals surface area contributed by atoms with Gasteiger partial charge in [-0.15, -0.1) is 0 Å². The van der Waals surface area contributed by atoms with Gasteiger partial charge in [-0.1, -0.05) is 0 Å². The molecular weight excluding hydrogens is 276 g/mol. The lowest BCUT2D eigenvalue weighted by Crippen LogP contribution is -2.58. The second-order valence-corrected chi connectivity index (χ2v) is 5.70. The van der Waals surface area contributed by atoms with Crippen LogP contribution in [0, 0.1) is 11.3 Å². The second-order valence-electron chi connectivity index (χ2n) is 5.70. The van der Waals surface area contributed by atoms with Crippen LogP contribution in [-0.4, -0.2) is 45.6 Å². The van der Waals surface area contributed by atoms with Gasteiger partial charge in [-0.2, -0.15) is 10.4 Å². The topological polar surface area (TPSA) is 116 Å². The van der Waals surface area contributed by atoms with Crippen molar-refractivity contribution < 1.29 is 19.3 Å². The van der Waals surface area contributed by atoms with Gasteiger partial charge in [0.1, 0.15) is 29.7 Å². The highest BCUT2D eigenvalue weighted by Gasteiger charge is 2.49. The third kappa shape index (κ3) is 2.38. The summed E-state index contributed by atoms with van der Waals surface area (Å²) in [6.07, 6.45) is 0.332. The number of nitrogens with two attached hydrogens (primary N) is 1. The van der Waals surface area contributed by atoms with Gasteiger partial charge in [0.15, 0.2) is 12.0 Å². The number of aliphatic hydroxyl groups is 1. The number of fused-ring (bicyclic) bond motifs is 2. The minimum Gasteiger partial charge on any atom is -0.394 e. The number of nitrogens with zero attached hydrogens (tertiary/aromatic N) is 3. The van der Waals surface area contributed by atoms with Gasteiger partial charge in [0.05, 0.1) is 18.9 Å². The summed E-state index contributed by atoms with van der Waals surface area (Å²) >= 11 is 0. The monoisotopic (exact) mass is 294 g/mol. The highest BCUT2D eigenvalue weighted by atomic mass is 16.7. The number of hydrogen-bond donors (Lipinski definition) is 2. The van der Waals surface area contributed by atoms with Crippen LogP contribution in [0.15, 0.2) is 6.20 Å². The summed E-state index contributed by atoms with van der Waals surface area (Å²) in [5.74, 6) is -0.547. The molecule has 1 aromatic heterocycles. The number of hydrogen-bond acceptors (Lipinski definition) is 7. The molecule has 4 atom stereocenters.